The molecule has 1 atom stereocenters. The maximum atomic E-state index is 5.51. The highest BCUT2D eigenvalue weighted by Crippen LogP contribution is 2.07. The molecule has 0 aliphatic heterocycles. The van der Waals surface area contributed by atoms with Gasteiger partial charge in [0.05, 0.1) is 19.3 Å². The molecule has 0 amide bonds. The van der Waals surface area contributed by atoms with Gasteiger partial charge in [-0.3, -0.25) is 0 Å². The molecule has 0 fully saturated rings. The minimum Gasteiger partial charge on any atom is -0.491 e. The van der Waals surface area contributed by atoms with Gasteiger partial charge in [-0.05, 0) is 12.1 Å². The van der Waals surface area contributed by atoms with Crippen LogP contribution < -0.4 is 10.5 Å². The average Bonchev–Trinajstić information content (AvgIpc) is 2.34. The van der Waals surface area contributed by atoms with E-state index in [0.29, 0.717) is 26.4 Å². The molecule has 4 nitrogen and oxygen atoms in total. The van der Waals surface area contributed by atoms with Crippen LogP contribution in [0.3, 0.4) is 0 Å². The maximum absolute atomic E-state index is 5.51. The highest BCUT2D eigenvalue weighted by molar-refractivity contribution is 5.20. The van der Waals surface area contributed by atoms with E-state index in [-0.39, 0.29) is 6.10 Å². The van der Waals surface area contributed by atoms with Gasteiger partial charge in [-0.15, -0.1) is 0 Å². The number of ether oxygens (including phenoxy) is 3. The lowest BCUT2D eigenvalue weighted by molar-refractivity contribution is -0.00725. The molecular weight excluding hydrogens is 206 g/mol. The molecule has 16 heavy (non-hydrogen) atoms. The van der Waals surface area contributed by atoms with E-state index in [9.17, 15) is 0 Å². The summed E-state index contributed by atoms with van der Waals surface area (Å²) in [5.41, 5.74) is 5.51. The second kappa shape index (κ2) is 8.10. The van der Waals surface area contributed by atoms with Crippen molar-refractivity contribution in [2.45, 2.75) is 6.10 Å². The highest BCUT2D eigenvalue weighted by Gasteiger charge is 2.05. The molecule has 4 heteroatoms. The van der Waals surface area contributed by atoms with Crippen molar-refractivity contribution in [1.29, 1.82) is 0 Å². The van der Waals surface area contributed by atoms with E-state index in [1.807, 2.05) is 30.3 Å². The van der Waals surface area contributed by atoms with Gasteiger partial charge in [0.1, 0.15) is 12.4 Å². The quantitative estimate of drug-likeness (QED) is 0.672. The Morgan fingerprint density at radius 1 is 1.19 bits per heavy atom. The summed E-state index contributed by atoms with van der Waals surface area (Å²) in [5, 5.41) is 0. The van der Waals surface area contributed by atoms with Gasteiger partial charge in [0, 0.05) is 13.7 Å². The molecule has 0 aliphatic carbocycles. The molecular formula is C12H19NO3. The van der Waals surface area contributed by atoms with Gasteiger partial charge in [0.25, 0.3) is 0 Å². The third-order valence-corrected chi connectivity index (χ3v) is 2.06. The van der Waals surface area contributed by atoms with Gasteiger partial charge >= 0.3 is 0 Å². The fraction of sp³-hybridized carbons (Fsp3) is 0.500. The summed E-state index contributed by atoms with van der Waals surface area (Å²) in [6.45, 7) is 2.01. The van der Waals surface area contributed by atoms with Gasteiger partial charge in [-0.25, -0.2) is 0 Å². The zero-order valence-corrected chi connectivity index (χ0v) is 9.59. The fourth-order valence-electron chi connectivity index (χ4n) is 1.26. The predicted octanol–water partition coefficient (Wildman–Crippen LogP) is 1.06. The fourth-order valence-corrected chi connectivity index (χ4v) is 1.26. The van der Waals surface area contributed by atoms with Crippen LogP contribution in [0.4, 0.5) is 0 Å². The van der Waals surface area contributed by atoms with Crippen molar-refractivity contribution in [3.8, 4) is 5.75 Å². The van der Waals surface area contributed by atoms with E-state index in [0.717, 1.165) is 5.75 Å². The van der Waals surface area contributed by atoms with Crippen LogP contribution in [-0.4, -0.2) is 39.6 Å². The second-order valence-corrected chi connectivity index (χ2v) is 3.35. The van der Waals surface area contributed by atoms with Crippen molar-refractivity contribution in [2.75, 3.05) is 33.5 Å². The van der Waals surface area contributed by atoms with E-state index in [4.69, 9.17) is 19.9 Å². The van der Waals surface area contributed by atoms with Crippen LogP contribution >= 0.6 is 0 Å². The first-order valence-corrected chi connectivity index (χ1v) is 5.35. The zero-order chi connectivity index (χ0) is 11.6. The van der Waals surface area contributed by atoms with Gasteiger partial charge in [0.2, 0.25) is 0 Å². The molecule has 0 saturated heterocycles. The van der Waals surface area contributed by atoms with Crippen LogP contribution in [0, 0.1) is 0 Å². The van der Waals surface area contributed by atoms with Gasteiger partial charge in [-0.1, -0.05) is 18.2 Å². The number of hydrogen-bond acceptors (Lipinski definition) is 4. The molecule has 0 bridgehead atoms. The lowest BCUT2D eigenvalue weighted by atomic mass is 10.3. The summed E-state index contributed by atoms with van der Waals surface area (Å²) in [6, 6.07) is 9.64. The maximum Gasteiger partial charge on any atom is 0.119 e. The van der Waals surface area contributed by atoms with Crippen LogP contribution in [-0.2, 0) is 9.47 Å². The van der Waals surface area contributed by atoms with E-state index < -0.39 is 0 Å². The first-order chi connectivity index (χ1) is 7.86. The molecule has 2 N–H and O–H groups in total. The predicted molar refractivity (Wildman–Crippen MR) is 62.6 cm³/mol. The summed E-state index contributed by atoms with van der Waals surface area (Å²) >= 11 is 0. The zero-order valence-electron chi connectivity index (χ0n) is 9.59. The minimum absolute atomic E-state index is 0.0515. The molecule has 0 saturated carbocycles. The molecule has 1 unspecified atom stereocenters. The number of rotatable bonds is 8. The lowest BCUT2D eigenvalue weighted by Gasteiger charge is -2.15. The van der Waals surface area contributed by atoms with Crippen LogP contribution in [0.2, 0.25) is 0 Å². The molecule has 0 aliphatic rings. The first kappa shape index (κ1) is 13.0. The Balaban J connectivity index is 2.11. The van der Waals surface area contributed by atoms with E-state index in [1.54, 1.807) is 7.11 Å². The standard InChI is InChI=1S/C12H19NO3/c1-14-10-12(9-13)16-8-7-15-11-5-3-2-4-6-11/h2-6,12H,7-10,13H2,1H3. The summed E-state index contributed by atoms with van der Waals surface area (Å²) in [4.78, 5) is 0. The molecule has 0 spiro atoms. The van der Waals surface area contributed by atoms with Crippen LogP contribution in [0.15, 0.2) is 30.3 Å². The largest absolute Gasteiger partial charge is 0.491 e. The van der Waals surface area contributed by atoms with Crippen molar-refractivity contribution in [1.82, 2.24) is 0 Å². The smallest absolute Gasteiger partial charge is 0.119 e. The molecule has 1 aromatic carbocycles. The van der Waals surface area contributed by atoms with Crippen molar-refractivity contribution in [3.63, 3.8) is 0 Å². The topological polar surface area (TPSA) is 53.7 Å². The molecule has 0 radical (unpaired) electrons. The average molecular weight is 225 g/mol. The Hall–Kier alpha value is -1.10. The van der Waals surface area contributed by atoms with Crippen molar-refractivity contribution in [3.05, 3.63) is 30.3 Å². The number of benzene rings is 1. The van der Waals surface area contributed by atoms with E-state index >= 15 is 0 Å². The Bertz CT molecular complexity index is 266. The SMILES string of the molecule is COCC(CN)OCCOc1ccccc1. The van der Waals surface area contributed by atoms with Crippen molar-refractivity contribution < 1.29 is 14.2 Å². The third kappa shape index (κ3) is 5.11. The van der Waals surface area contributed by atoms with Crippen LogP contribution in [0.5, 0.6) is 5.75 Å². The summed E-state index contributed by atoms with van der Waals surface area (Å²) in [7, 11) is 1.63. The number of para-hydroxylation sites is 1. The summed E-state index contributed by atoms with van der Waals surface area (Å²) < 4.78 is 15.9. The number of nitrogens with two attached hydrogens (primary N) is 1. The Morgan fingerprint density at radius 3 is 2.56 bits per heavy atom. The minimum atomic E-state index is -0.0515. The summed E-state index contributed by atoms with van der Waals surface area (Å²) in [5.74, 6) is 0.849. The normalized spacial score (nSPS) is 12.4. The van der Waals surface area contributed by atoms with E-state index in [1.165, 1.54) is 0 Å². The van der Waals surface area contributed by atoms with Crippen molar-refractivity contribution >= 4 is 0 Å². The monoisotopic (exact) mass is 225 g/mol. The Kier molecular flexibility index (Phi) is 6.56. The Labute approximate surface area is 96.3 Å². The Morgan fingerprint density at radius 2 is 1.94 bits per heavy atom. The van der Waals surface area contributed by atoms with Gasteiger partial charge in [0.15, 0.2) is 0 Å². The lowest BCUT2D eigenvalue weighted by Crippen LogP contribution is -2.29. The molecule has 0 aromatic heterocycles. The molecule has 1 rings (SSSR count). The molecule has 0 heterocycles. The van der Waals surface area contributed by atoms with Gasteiger partial charge < -0.3 is 19.9 Å². The molecule has 90 valence electrons. The second-order valence-electron chi connectivity index (χ2n) is 3.35. The highest BCUT2D eigenvalue weighted by atomic mass is 16.5. The van der Waals surface area contributed by atoms with Crippen LogP contribution in [0.25, 0.3) is 0 Å². The third-order valence-electron chi connectivity index (χ3n) is 2.06. The number of hydrogen-bond donors (Lipinski definition) is 1. The van der Waals surface area contributed by atoms with Gasteiger partial charge in [-0.2, -0.15) is 0 Å². The summed E-state index contributed by atoms with van der Waals surface area (Å²) in [6.07, 6.45) is -0.0515. The first-order valence-electron chi connectivity index (χ1n) is 5.35. The van der Waals surface area contributed by atoms with E-state index in [2.05, 4.69) is 0 Å². The number of methoxy groups -OCH3 is 1. The van der Waals surface area contributed by atoms with Crippen molar-refractivity contribution in [2.24, 2.45) is 5.73 Å². The molecule has 1 aromatic rings. The van der Waals surface area contributed by atoms with Crippen LogP contribution in [0.1, 0.15) is 0 Å².